The largest absolute Gasteiger partial charge is 0.445 e. The number of nitrogens with two attached hydrogens (primary N) is 1. The van der Waals surface area contributed by atoms with Crippen LogP contribution in [-0.2, 0) is 20.9 Å². The number of hydrogen-bond donors (Lipinski definition) is 4. The molecule has 5 N–H and O–H groups in total. The number of benzene rings is 1. The van der Waals surface area contributed by atoms with Gasteiger partial charge in [-0.2, -0.15) is 5.26 Å². The van der Waals surface area contributed by atoms with Crippen molar-refractivity contribution in [1.82, 2.24) is 10.6 Å². The molecule has 146 valence electrons. The van der Waals surface area contributed by atoms with Gasteiger partial charge in [0.05, 0.1) is 18.6 Å². The van der Waals surface area contributed by atoms with E-state index in [4.69, 9.17) is 15.7 Å². The Balaban J connectivity index is 2.34. The third-order valence-corrected chi connectivity index (χ3v) is 3.72. The maximum atomic E-state index is 11.9. The minimum Gasteiger partial charge on any atom is -0.445 e. The van der Waals surface area contributed by atoms with Crippen LogP contribution in [0.3, 0.4) is 0 Å². The van der Waals surface area contributed by atoms with Gasteiger partial charge in [-0.15, -0.1) is 0 Å². The molecule has 0 unspecified atom stereocenters. The van der Waals surface area contributed by atoms with Gasteiger partial charge in [-0.1, -0.05) is 37.3 Å². The van der Waals surface area contributed by atoms with E-state index in [9.17, 15) is 19.5 Å². The van der Waals surface area contributed by atoms with Crippen molar-refractivity contribution in [3.05, 3.63) is 35.9 Å². The molecule has 0 radical (unpaired) electrons. The maximum Gasteiger partial charge on any atom is 0.407 e. The number of rotatable bonds is 10. The predicted molar refractivity (Wildman–Crippen MR) is 95.8 cm³/mol. The maximum absolute atomic E-state index is 11.9. The van der Waals surface area contributed by atoms with Gasteiger partial charge in [0.2, 0.25) is 11.8 Å². The summed E-state index contributed by atoms with van der Waals surface area (Å²) in [6.45, 7) is 1.50. The number of amides is 3. The second kappa shape index (κ2) is 11.5. The first-order valence-electron chi connectivity index (χ1n) is 8.41. The molecule has 0 aliphatic rings. The summed E-state index contributed by atoms with van der Waals surface area (Å²) in [7, 11) is 0. The first-order valence-corrected chi connectivity index (χ1v) is 8.41. The number of primary amides is 1. The third kappa shape index (κ3) is 8.69. The number of aliphatic hydroxyl groups is 1. The summed E-state index contributed by atoms with van der Waals surface area (Å²) in [5.41, 5.74) is 6.04. The van der Waals surface area contributed by atoms with Crippen molar-refractivity contribution in [2.24, 2.45) is 11.7 Å². The van der Waals surface area contributed by atoms with E-state index >= 15 is 0 Å². The Bertz CT molecular complexity index is 674. The first kappa shape index (κ1) is 21.9. The average molecular weight is 376 g/mol. The third-order valence-electron chi connectivity index (χ3n) is 3.72. The molecule has 9 nitrogen and oxygen atoms in total. The zero-order valence-electron chi connectivity index (χ0n) is 15.1. The van der Waals surface area contributed by atoms with Crippen LogP contribution in [0.1, 0.15) is 25.3 Å². The van der Waals surface area contributed by atoms with Crippen LogP contribution in [0.5, 0.6) is 0 Å². The highest BCUT2D eigenvalue weighted by Crippen LogP contribution is 2.08. The Hall–Kier alpha value is -3.12. The monoisotopic (exact) mass is 376 g/mol. The van der Waals surface area contributed by atoms with Crippen LogP contribution in [0.4, 0.5) is 4.79 Å². The molecule has 27 heavy (non-hydrogen) atoms. The van der Waals surface area contributed by atoms with Crippen molar-refractivity contribution in [1.29, 1.82) is 5.26 Å². The standard InChI is InChI=1S/C18H24N4O5/c1-12(7-8-19)16(17(20)25)22-15(24)9-14(23)10-21-18(26)27-11-13-5-3-2-4-6-13/h2-6,12,14,16,23H,7,9-11H2,1H3,(H2,20,25)(H,21,26)(H,22,24)/t12-,14-,16-/m0/s1. The molecule has 0 saturated carbocycles. The average Bonchev–Trinajstić information content (AvgIpc) is 2.63. The van der Waals surface area contributed by atoms with E-state index in [2.05, 4.69) is 10.6 Å². The Morgan fingerprint density at radius 1 is 1.30 bits per heavy atom. The van der Waals surface area contributed by atoms with Gasteiger partial charge in [-0.05, 0) is 11.5 Å². The second-order valence-electron chi connectivity index (χ2n) is 6.09. The van der Waals surface area contributed by atoms with Gasteiger partial charge < -0.3 is 26.2 Å². The van der Waals surface area contributed by atoms with Gasteiger partial charge in [0, 0.05) is 13.0 Å². The van der Waals surface area contributed by atoms with Crippen LogP contribution in [0.15, 0.2) is 30.3 Å². The fourth-order valence-electron chi connectivity index (χ4n) is 2.25. The minimum atomic E-state index is -1.17. The first-order chi connectivity index (χ1) is 12.8. The van der Waals surface area contributed by atoms with Crippen LogP contribution < -0.4 is 16.4 Å². The van der Waals surface area contributed by atoms with Crippen molar-refractivity contribution >= 4 is 17.9 Å². The lowest BCUT2D eigenvalue weighted by molar-refractivity contribution is -0.129. The summed E-state index contributed by atoms with van der Waals surface area (Å²) >= 11 is 0. The molecule has 1 aromatic carbocycles. The van der Waals surface area contributed by atoms with Crippen molar-refractivity contribution in [2.75, 3.05) is 6.54 Å². The fourth-order valence-corrected chi connectivity index (χ4v) is 2.25. The van der Waals surface area contributed by atoms with Crippen LogP contribution in [0.2, 0.25) is 0 Å². The molecule has 0 saturated heterocycles. The van der Waals surface area contributed by atoms with E-state index in [1.165, 1.54) is 0 Å². The molecule has 0 heterocycles. The lowest BCUT2D eigenvalue weighted by Crippen LogP contribution is -2.49. The highest BCUT2D eigenvalue weighted by molar-refractivity contribution is 5.87. The molecule has 0 aromatic heterocycles. The normalized spacial score (nSPS) is 13.5. The van der Waals surface area contributed by atoms with Crippen LogP contribution >= 0.6 is 0 Å². The van der Waals surface area contributed by atoms with Gasteiger partial charge in [0.15, 0.2) is 0 Å². The summed E-state index contributed by atoms with van der Waals surface area (Å²) in [6, 6.07) is 9.97. The number of nitriles is 1. The summed E-state index contributed by atoms with van der Waals surface area (Å²) in [4.78, 5) is 34.9. The Labute approximate surface area is 157 Å². The van der Waals surface area contributed by atoms with Gasteiger partial charge in [0.1, 0.15) is 12.6 Å². The molecule has 9 heteroatoms. The van der Waals surface area contributed by atoms with E-state index in [1.54, 1.807) is 19.1 Å². The number of carbonyl (C=O) groups is 3. The number of alkyl carbamates (subject to hydrolysis) is 1. The Morgan fingerprint density at radius 3 is 2.56 bits per heavy atom. The molecule has 0 aliphatic carbocycles. The van der Waals surface area contributed by atoms with Gasteiger partial charge in [-0.3, -0.25) is 9.59 Å². The predicted octanol–water partition coefficient (Wildman–Crippen LogP) is 0.184. The summed E-state index contributed by atoms with van der Waals surface area (Å²) in [5.74, 6) is -1.83. The molecular formula is C18H24N4O5. The van der Waals surface area contributed by atoms with E-state index < -0.39 is 36.0 Å². The van der Waals surface area contributed by atoms with E-state index in [0.29, 0.717) is 0 Å². The Morgan fingerprint density at radius 2 is 1.96 bits per heavy atom. The van der Waals surface area contributed by atoms with Crippen molar-refractivity contribution in [3.8, 4) is 6.07 Å². The number of nitrogens with zero attached hydrogens (tertiary/aromatic N) is 1. The van der Waals surface area contributed by atoms with E-state index in [-0.39, 0.29) is 26.0 Å². The number of carbonyl (C=O) groups excluding carboxylic acids is 3. The van der Waals surface area contributed by atoms with Crippen LogP contribution in [-0.4, -0.2) is 41.7 Å². The van der Waals surface area contributed by atoms with Crippen molar-refractivity contribution in [2.45, 2.75) is 38.5 Å². The van der Waals surface area contributed by atoms with Gasteiger partial charge >= 0.3 is 6.09 Å². The highest BCUT2D eigenvalue weighted by atomic mass is 16.5. The van der Waals surface area contributed by atoms with Crippen LogP contribution in [0.25, 0.3) is 0 Å². The lowest BCUT2D eigenvalue weighted by atomic mass is 9.98. The van der Waals surface area contributed by atoms with Gasteiger partial charge in [-0.25, -0.2) is 4.79 Å². The molecule has 0 fully saturated rings. The number of hydrogen-bond acceptors (Lipinski definition) is 6. The van der Waals surface area contributed by atoms with Crippen LogP contribution in [0, 0.1) is 17.2 Å². The zero-order valence-corrected chi connectivity index (χ0v) is 15.1. The molecule has 3 atom stereocenters. The van der Waals surface area contributed by atoms with Crippen molar-refractivity contribution in [3.63, 3.8) is 0 Å². The SMILES string of the molecule is C[C@@H](CC#N)[C@H](NC(=O)C[C@H](O)CNC(=O)OCc1ccccc1)C(N)=O. The van der Waals surface area contributed by atoms with Crippen molar-refractivity contribution < 1.29 is 24.2 Å². The van der Waals surface area contributed by atoms with Gasteiger partial charge in [0.25, 0.3) is 0 Å². The number of aliphatic hydroxyl groups excluding tert-OH is 1. The molecule has 1 rings (SSSR count). The number of ether oxygens (including phenoxy) is 1. The molecule has 0 bridgehead atoms. The summed E-state index contributed by atoms with van der Waals surface area (Å²) in [6.07, 6.45) is -2.20. The Kier molecular flexibility index (Phi) is 9.33. The quantitative estimate of drug-likeness (QED) is 0.457. The number of nitrogens with one attached hydrogen (secondary N) is 2. The zero-order chi connectivity index (χ0) is 20.2. The molecule has 0 spiro atoms. The lowest BCUT2D eigenvalue weighted by Gasteiger charge is -2.21. The molecule has 3 amide bonds. The summed E-state index contributed by atoms with van der Waals surface area (Å²) < 4.78 is 4.98. The summed E-state index contributed by atoms with van der Waals surface area (Å²) in [5, 5.41) is 23.3. The van der Waals surface area contributed by atoms with E-state index in [0.717, 1.165) is 5.56 Å². The smallest absolute Gasteiger partial charge is 0.407 e. The second-order valence-corrected chi connectivity index (χ2v) is 6.09. The highest BCUT2D eigenvalue weighted by Gasteiger charge is 2.25. The molecular weight excluding hydrogens is 352 g/mol. The fraction of sp³-hybridized carbons (Fsp3) is 0.444. The minimum absolute atomic E-state index is 0.0469. The van der Waals surface area contributed by atoms with E-state index in [1.807, 2.05) is 24.3 Å². The molecule has 1 aromatic rings. The molecule has 0 aliphatic heterocycles. The topological polar surface area (TPSA) is 155 Å².